The number of amides is 2. The zero-order valence-corrected chi connectivity index (χ0v) is 20.5. The van der Waals surface area contributed by atoms with Gasteiger partial charge in [0, 0.05) is 38.7 Å². The van der Waals surface area contributed by atoms with Crippen LogP contribution in [0.3, 0.4) is 0 Å². The molecular weight excluding hydrogens is 518 g/mol. The summed E-state index contributed by atoms with van der Waals surface area (Å²) in [4.78, 5) is 43.0. The van der Waals surface area contributed by atoms with Gasteiger partial charge >= 0.3 is 5.97 Å². The predicted octanol–water partition coefficient (Wildman–Crippen LogP) is 0.459. The van der Waals surface area contributed by atoms with Crippen molar-refractivity contribution in [3.05, 3.63) is 46.6 Å². The molecule has 1 aromatic carbocycles. The highest BCUT2D eigenvalue weighted by atomic mass is 32.2. The number of fused-ring (bicyclic) bond motifs is 1. The van der Waals surface area contributed by atoms with Gasteiger partial charge in [-0.3, -0.25) is 18.7 Å². The minimum absolute atomic E-state index is 0.0520. The van der Waals surface area contributed by atoms with Gasteiger partial charge in [0.2, 0.25) is 0 Å². The molecular formula is C20H19N5O7S3. The second-order valence-corrected chi connectivity index (χ2v) is 10.7. The Kier molecular flexibility index (Phi) is 7.09. The summed E-state index contributed by atoms with van der Waals surface area (Å²) in [5.41, 5.74) is 5.39. The van der Waals surface area contributed by atoms with E-state index in [0.717, 1.165) is 16.2 Å². The minimum Gasteiger partial charge on any atom is -0.489 e. The number of aliphatic carboxylic acids is 1. The summed E-state index contributed by atoms with van der Waals surface area (Å²) in [6.45, 7) is -0.0662. The molecule has 0 radical (unpaired) electrons. The van der Waals surface area contributed by atoms with Gasteiger partial charge in [0.15, 0.2) is 10.8 Å². The first-order chi connectivity index (χ1) is 16.7. The number of oxime groups is 1. The number of nitrogens with one attached hydrogen (secondary N) is 1. The quantitative estimate of drug-likeness (QED) is 0.160. The van der Waals surface area contributed by atoms with E-state index in [1.165, 1.54) is 17.1 Å². The standard InChI is InChI=1S/C20H19N5O7S3/c1-35(31)11-4-2-10(3-5-11)32-6-9-7-33-18-14(17(27)25(18)15(9)19(28)29)23-16(26)13(24-30)12-8-34-20(21)22-12/h2-5,8,14,18,30H,6-7H2,1H3,(H2,21,22)(H,23,26)(H,28,29)/b24-13-/t14-,18-,35?/m1/s1. The first-order valence-corrected chi connectivity index (χ1v) is 13.4. The van der Waals surface area contributed by atoms with Crippen LogP contribution < -0.4 is 15.8 Å². The maximum absolute atomic E-state index is 12.8. The highest BCUT2D eigenvalue weighted by Crippen LogP contribution is 2.40. The molecule has 5 N–H and O–H groups in total. The number of benzene rings is 1. The Balaban J connectivity index is 1.46. The predicted molar refractivity (Wildman–Crippen MR) is 129 cm³/mol. The van der Waals surface area contributed by atoms with Crippen molar-refractivity contribution >= 4 is 62.5 Å². The molecule has 1 saturated heterocycles. The number of carbonyl (C=O) groups is 3. The summed E-state index contributed by atoms with van der Waals surface area (Å²) < 4.78 is 17.2. The van der Waals surface area contributed by atoms with Crippen molar-refractivity contribution in [2.24, 2.45) is 5.16 Å². The lowest BCUT2D eigenvalue weighted by Gasteiger charge is -2.49. The van der Waals surface area contributed by atoms with Crippen LogP contribution in [0.15, 0.2) is 51.0 Å². The average molecular weight is 538 g/mol. The number of β-lactam (4-membered cyclic amide) rings is 1. The normalized spacial score (nSPS) is 20.7. The van der Waals surface area contributed by atoms with Crippen molar-refractivity contribution in [1.82, 2.24) is 15.2 Å². The number of carboxylic acid groups (broad SMARTS) is 1. The minimum atomic E-state index is -1.29. The molecule has 2 aliphatic heterocycles. The highest BCUT2D eigenvalue weighted by molar-refractivity contribution is 8.00. The van der Waals surface area contributed by atoms with Crippen LogP contribution in [-0.2, 0) is 25.2 Å². The van der Waals surface area contributed by atoms with Crippen molar-refractivity contribution < 1.29 is 33.6 Å². The van der Waals surface area contributed by atoms with Gasteiger partial charge in [-0.25, -0.2) is 9.78 Å². The maximum atomic E-state index is 12.8. The summed E-state index contributed by atoms with van der Waals surface area (Å²) in [6.07, 6.45) is 1.56. The Morgan fingerprint density at radius 2 is 2.09 bits per heavy atom. The van der Waals surface area contributed by atoms with Crippen LogP contribution in [0.2, 0.25) is 0 Å². The summed E-state index contributed by atoms with van der Waals surface area (Å²) in [7, 11) is -1.13. The highest BCUT2D eigenvalue weighted by Gasteiger charge is 2.54. The van der Waals surface area contributed by atoms with Crippen LogP contribution >= 0.6 is 23.1 Å². The van der Waals surface area contributed by atoms with Gasteiger partial charge in [0.25, 0.3) is 11.8 Å². The molecule has 1 aromatic heterocycles. The number of hydrogen-bond donors (Lipinski definition) is 4. The monoisotopic (exact) mass is 537 g/mol. The van der Waals surface area contributed by atoms with E-state index in [0.29, 0.717) is 16.2 Å². The van der Waals surface area contributed by atoms with E-state index < -0.39 is 45.7 Å². The van der Waals surface area contributed by atoms with Crippen molar-refractivity contribution in [2.45, 2.75) is 16.3 Å². The zero-order valence-electron chi connectivity index (χ0n) is 18.0. The molecule has 4 rings (SSSR count). The third-order valence-corrected chi connectivity index (χ3v) is 8.13. The summed E-state index contributed by atoms with van der Waals surface area (Å²) in [6, 6.07) is 5.55. The van der Waals surface area contributed by atoms with Gasteiger partial charge in [-0.15, -0.1) is 23.1 Å². The molecule has 0 saturated carbocycles. The number of thiazole rings is 1. The topological polar surface area (TPSA) is 185 Å². The molecule has 2 aliphatic rings. The molecule has 2 aromatic rings. The number of rotatable bonds is 8. The summed E-state index contributed by atoms with van der Waals surface area (Å²) in [5.74, 6) is -2.04. The molecule has 1 unspecified atom stereocenters. The number of nitrogen functional groups attached to an aromatic ring is 1. The molecule has 184 valence electrons. The van der Waals surface area contributed by atoms with Gasteiger partial charge < -0.3 is 26.1 Å². The van der Waals surface area contributed by atoms with E-state index in [9.17, 15) is 28.9 Å². The number of carboxylic acids is 1. The van der Waals surface area contributed by atoms with Crippen LogP contribution in [0.5, 0.6) is 5.75 Å². The second kappa shape index (κ2) is 10.1. The maximum Gasteiger partial charge on any atom is 0.352 e. The Morgan fingerprint density at radius 1 is 1.37 bits per heavy atom. The summed E-state index contributed by atoms with van der Waals surface area (Å²) in [5, 5.41) is 25.4. The van der Waals surface area contributed by atoms with E-state index in [4.69, 9.17) is 10.5 Å². The van der Waals surface area contributed by atoms with Crippen molar-refractivity contribution in [1.29, 1.82) is 0 Å². The average Bonchev–Trinajstić information content (AvgIpc) is 3.26. The number of hydrogen-bond acceptors (Lipinski definition) is 11. The summed E-state index contributed by atoms with van der Waals surface area (Å²) >= 11 is 2.32. The molecule has 3 atom stereocenters. The molecule has 15 heteroatoms. The van der Waals surface area contributed by atoms with Crippen molar-refractivity contribution in [3.63, 3.8) is 0 Å². The number of anilines is 1. The van der Waals surface area contributed by atoms with Crippen molar-refractivity contribution in [3.8, 4) is 5.75 Å². The number of nitrogens with zero attached hydrogens (tertiary/aromatic N) is 3. The lowest BCUT2D eigenvalue weighted by molar-refractivity contribution is -0.150. The van der Waals surface area contributed by atoms with Gasteiger partial charge in [-0.1, -0.05) is 5.16 Å². The first kappa shape index (κ1) is 24.7. The van der Waals surface area contributed by atoms with Crippen LogP contribution in [0.25, 0.3) is 0 Å². The lowest BCUT2D eigenvalue weighted by atomic mass is 10.0. The van der Waals surface area contributed by atoms with Gasteiger partial charge in [0.05, 0.1) is 0 Å². The largest absolute Gasteiger partial charge is 0.489 e. The van der Waals surface area contributed by atoms with Gasteiger partial charge in [0.1, 0.15) is 35.2 Å². The number of ether oxygens (including phenoxy) is 1. The van der Waals surface area contributed by atoms with Crippen molar-refractivity contribution in [2.75, 3.05) is 24.3 Å². The molecule has 1 fully saturated rings. The van der Waals surface area contributed by atoms with Crippen LogP contribution in [0, 0.1) is 0 Å². The molecule has 12 nitrogen and oxygen atoms in total. The number of thioether (sulfide) groups is 1. The Labute approximate surface area is 209 Å². The zero-order chi connectivity index (χ0) is 25.3. The fraction of sp³-hybridized carbons (Fsp3) is 0.250. The Hall–Kier alpha value is -3.43. The molecule has 0 aliphatic carbocycles. The molecule has 0 bridgehead atoms. The number of carbonyl (C=O) groups excluding carboxylic acids is 2. The van der Waals surface area contributed by atoms with Crippen LogP contribution in [0.1, 0.15) is 5.69 Å². The van der Waals surface area contributed by atoms with E-state index in [1.807, 2.05) is 0 Å². The SMILES string of the molecule is CS(=O)c1ccc(OCC2=C(C(=O)O)N3C(=O)[C@@H](NC(=O)/C(=N\O)c4csc(N)n4)[C@H]3SC2)cc1. The lowest BCUT2D eigenvalue weighted by Crippen LogP contribution is -2.71. The van der Waals surface area contributed by atoms with E-state index in [1.54, 1.807) is 30.5 Å². The molecule has 35 heavy (non-hydrogen) atoms. The Morgan fingerprint density at radius 3 is 2.66 bits per heavy atom. The fourth-order valence-electron chi connectivity index (χ4n) is 3.51. The van der Waals surface area contributed by atoms with E-state index in [2.05, 4.69) is 15.5 Å². The van der Waals surface area contributed by atoms with Crippen LogP contribution in [0.4, 0.5) is 5.13 Å². The molecule has 0 spiro atoms. The molecule has 3 heterocycles. The fourth-order valence-corrected chi connectivity index (χ4v) is 5.91. The second-order valence-electron chi connectivity index (χ2n) is 7.35. The number of aromatic nitrogens is 1. The third-order valence-electron chi connectivity index (χ3n) is 5.18. The number of nitrogens with two attached hydrogens (primary N) is 1. The third kappa shape index (κ3) is 4.87. The van der Waals surface area contributed by atoms with E-state index in [-0.39, 0.29) is 28.9 Å². The van der Waals surface area contributed by atoms with E-state index >= 15 is 0 Å². The van der Waals surface area contributed by atoms with Gasteiger partial charge in [-0.05, 0) is 24.3 Å². The first-order valence-electron chi connectivity index (χ1n) is 9.91. The van der Waals surface area contributed by atoms with Crippen LogP contribution in [-0.4, -0.2) is 77.9 Å². The smallest absolute Gasteiger partial charge is 0.352 e. The van der Waals surface area contributed by atoms with Gasteiger partial charge in [-0.2, -0.15) is 0 Å². The molecule has 2 amide bonds. The Bertz CT molecular complexity index is 1270.